The Labute approximate surface area is 234 Å². The van der Waals surface area contributed by atoms with Crippen molar-refractivity contribution in [1.29, 1.82) is 0 Å². The molecule has 204 valence electrons. The van der Waals surface area contributed by atoms with Gasteiger partial charge in [-0.15, -0.1) is 0 Å². The van der Waals surface area contributed by atoms with Gasteiger partial charge in [-0.2, -0.15) is 16.8 Å². The highest BCUT2D eigenvalue weighted by Gasteiger charge is 2.34. The molecule has 4 aromatic carbocycles. The summed E-state index contributed by atoms with van der Waals surface area (Å²) in [5.41, 5.74) is 0.501. The molecular formula is C27H19ClN2O8S2. The maximum absolute atomic E-state index is 13.7. The number of halogens is 1. The van der Waals surface area contributed by atoms with E-state index in [0.29, 0.717) is 5.56 Å². The van der Waals surface area contributed by atoms with Crippen LogP contribution in [0.4, 0.5) is 22.7 Å². The zero-order chi connectivity index (χ0) is 29.0. The van der Waals surface area contributed by atoms with Gasteiger partial charge < -0.3 is 10.6 Å². The van der Waals surface area contributed by atoms with E-state index in [9.17, 15) is 35.5 Å². The fourth-order valence-corrected chi connectivity index (χ4v) is 6.12. The molecule has 0 heterocycles. The lowest BCUT2D eigenvalue weighted by Gasteiger charge is -2.24. The second-order valence-electron chi connectivity index (χ2n) is 8.95. The Hall–Kier alpha value is -4.07. The molecule has 0 aliphatic heterocycles. The van der Waals surface area contributed by atoms with Gasteiger partial charge in [-0.3, -0.25) is 18.7 Å². The molecule has 1 aliphatic carbocycles. The summed E-state index contributed by atoms with van der Waals surface area (Å²) in [6.07, 6.45) is 0. The molecule has 0 saturated heterocycles. The standard InChI is InChI=1S/C27H19ClN2O8S2/c1-14-6-8-18(22(12-14)39(33,34)35)29-20-10-11-21(30-19-9-7-15(28)13-23(19)40(36,37)38)25-24(20)26(31)16-4-2-3-5-17(16)27(25)32/h2-13,29-30H,1H3,(H,33,34,35)(H,36,37,38). The number of ketones is 2. The van der Waals surface area contributed by atoms with Crippen LogP contribution in [-0.2, 0) is 20.2 Å². The zero-order valence-corrected chi connectivity index (χ0v) is 22.9. The monoisotopic (exact) mass is 598 g/mol. The van der Waals surface area contributed by atoms with Crippen LogP contribution in [0.2, 0.25) is 5.02 Å². The fourth-order valence-electron chi connectivity index (χ4n) is 4.48. The molecule has 0 radical (unpaired) electrons. The van der Waals surface area contributed by atoms with Crippen LogP contribution < -0.4 is 10.6 Å². The Morgan fingerprint density at radius 1 is 0.625 bits per heavy atom. The molecule has 0 amide bonds. The molecule has 4 N–H and O–H groups in total. The minimum Gasteiger partial charge on any atom is -0.354 e. The Morgan fingerprint density at radius 3 is 1.52 bits per heavy atom. The number of carbonyl (C=O) groups is 2. The molecule has 5 rings (SSSR count). The van der Waals surface area contributed by atoms with E-state index in [2.05, 4.69) is 10.6 Å². The molecule has 10 nitrogen and oxygen atoms in total. The predicted octanol–water partition coefficient (Wildman–Crippen LogP) is 5.40. The molecule has 0 unspecified atom stereocenters. The van der Waals surface area contributed by atoms with Gasteiger partial charge in [-0.05, 0) is 55.0 Å². The van der Waals surface area contributed by atoms with Gasteiger partial charge in [0.05, 0.1) is 33.9 Å². The molecule has 4 aromatic rings. The van der Waals surface area contributed by atoms with Crippen LogP contribution in [0.5, 0.6) is 0 Å². The van der Waals surface area contributed by atoms with Crippen molar-refractivity contribution >= 4 is 66.2 Å². The number of hydrogen-bond donors (Lipinski definition) is 4. The third-order valence-electron chi connectivity index (χ3n) is 6.25. The summed E-state index contributed by atoms with van der Waals surface area (Å²) >= 11 is 5.92. The van der Waals surface area contributed by atoms with Crippen LogP contribution in [0.3, 0.4) is 0 Å². The van der Waals surface area contributed by atoms with Crippen LogP contribution in [0.25, 0.3) is 0 Å². The number of benzene rings is 4. The van der Waals surface area contributed by atoms with Gasteiger partial charge in [0.15, 0.2) is 11.6 Å². The van der Waals surface area contributed by atoms with Gasteiger partial charge in [-0.1, -0.05) is 41.9 Å². The van der Waals surface area contributed by atoms with E-state index in [1.807, 2.05) is 0 Å². The van der Waals surface area contributed by atoms with Crippen molar-refractivity contribution in [3.63, 3.8) is 0 Å². The molecule has 13 heteroatoms. The van der Waals surface area contributed by atoms with Gasteiger partial charge in [0, 0.05) is 16.1 Å². The topological polar surface area (TPSA) is 167 Å². The van der Waals surface area contributed by atoms with E-state index in [0.717, 1.165) is 6.07 Å². The Bertz CT molecular complexity index is 1830. The number of rotatable bonds is 6. The molecule has 0 bridgehead atoms. The van der Waals surface area contributed by atoms with Gasteiger partial charge in [0.2, 0.25) is 0 Å². The number of anilines is 4. The first kappa shape index (κ1) is 27.5. The quantitative estimate of drug-likeness (QED) is 0.186. The first-order valence-electron chi connectivity index (χ1n) is 11.5. The molecule has 1 aliphatic rings. The van der Waals surface area contributed by atoms with Crippen molar-refractivity contribution < 1.29 is 35.5 Å². The van der Waals surface area contributed by atoms with E-state index in [1.165, 1.54) is 48.5 Å². The summed E-state index contributed by atoms with van der Waals surface area (Å²) in [4.78, 5) is 26.5. The van der Waals surface area contributed by atoms with Crippen LogP contribution >= 0.6 is 11.6 Å². The Morgan fingerprint density at radius 2 is 1.05 bits per heavy atom. The second kappa shape index (κ2) is 9.84. The third-order valence-corrected chi connectivity index (χ3v) is 8.27. The van der Waals surface area contributed by atoms with Gasteiger partial charge >= 0.3 is 0 Å². The highest BCUT2D eigenvalue weighted by atomic mass is 35.5. The summed E-state index contributed by atoms with van der Waals surface area (Å²) < 4.78 is 67.7. The maximum atomic E-state index is 13.7. The Balaban J connectivity index is 1.73. The van der Waals surface area contributed by atoms with Crippen LogP contribution in [0, 0.1) is 6.92 Å². The minimum atomic E-state index is -4.73. The van der Waals surface area contributed by atoms with E-state index < -0.39 is 41.6 Å². The maximum Gasteiger partial charge on any atom is 0.296 e. The van der Waals surface area contributed by atoms with Crippen LogP contribution in [0.1, 0.15) is 37.4 Å². The lowest BCUT2D eigenvalue weighted by Crippen LogP contribution is -2.23. The molecule has 0 spiro atoms. The van der Waals surface area contributed by atoms with Crippen molar-refractivity contribution in [2.75, 3.05) is 10.6 Å². The lowest BCUT2D eigenvalue weighted by molar-refractivity contribution is 0.0980. The van der Waals surface area contributed by atoms with Crippen molar-refractivity contribution in [2.45, 2.75) is 16.7 Å². The zero-order valence-electron chi connectivity index (χ0n) is 20.5. The average molecular weight is 599 g/mol. The van der Waals surface area contributed by atoms with Crippen molar-refractivity contribution in [3.8, 4) is 0 Å². The molecule has 40 heavy (non-hydrogen) atoms. The van der Waals surface area contributed by atoms with Crippen molar-refractivity contribution in [1.82, 2.24) is 0 Å². The summed E-state index contributed by atoms with van der Waals surface area (Å²) in [7, 11) is -9.39. The van der Waals surface area contributed by atoms with Gasteiger partial charge in [0.25, 0.3) is 20.2 Å². The number of aryl methyl sites for hydroxylation is 1. The number of fused-ring (bicyclic) bond motifs is 2. The summed E-state index contributed by atoms with van der Waals surface area (Å²) in [6.45, 7) is 1.64. The van der Waals surface area contributed by atoms with E-state index in [4.69, 9.17) is 11.6 Å². The lowest BCUT2D eigenvalue weighted by atomic mass is 9.82. The average Bonchev–Trinajstić information content (AvgIpc) is 2.88. The second-order valence-corrected chi connectivity index (χ2v) is 12.2. The predicted molar refractivity (Wildman–Crippen MR) is 149 cm³/mol. The minimum absolute atomic E-state index is 0.0349. The van der Waals surface area contributed by atoms with Crippen molar-refractivity contribution in [3.05, 3.63) is 106 Å². The van der Waals surface area contributed by atoms with Crippen LogP contribution in [-0.4, -0.2) is 37.5 Å². The molecule has 0 atom stereocenters. The molecule has 0 saturated carbocycles. The fraction of sp³-hybridized carbons (Fsp3) is 0.0370. The van der Waals surface area contributed by atoms with Gasteiger partial charge in [0.1, 0.15) is 9.79 Å². The number of hydrogen-bond acceptors (Lipinski definition) is 8. The summed E-state index contributed by atoms with van der Waals surface area (Å²) in [6, 6.07) is 16.9. The summed E-state index contributed by atoms with van der Waals surface area (Å²) in [5, 5.41) is 5.71. The molecular weight excluding hydrogens is 580 g/mol. The van der Waals surface area contributed by atoms with E-state index >= 15 is 0 Å². The Kier molecular flexibility index (Phi) is 6.76. The normalized spacial score (nSPS) is 13.0. The van der Waals surface area contributed by atoms with E-state index in [-0.39, 0.29) is 50.0 Å². The SMILES string of the molecule is Cc1ccc(Nc2ccc(Nc3ccc(Cl)cc3S(=O)(=O)O)c3c2C(=O)c2ccccc2C3=O)c(S(=O)(=O)O)c1. The first-order valence-corrected chi connectivity index (χ1v) is 14.8. The number of carbonyl (C=O) groups excluding carboxylic acids is 2. The van der Waals surface area contributed by atoms with Crippen molar-refractivity contribution in [2.24, 2.45) is 0 Å². The van der Waals surface area contributed by atoms with Gasteiger partial charge in [-0.25, -0.2) is 0 Å². The third kappa shape index (κ3) is 4.98. The largest absolute Gasteiger partial charge is 0.354 e. The first-order chi connectivity index (χ1) is 18.8. The highest BCUT2D eigenvalue weighted by molar-refractivity contribution is 7.86. The smallest absolute Gasteiger partial charge is 0.296 e. The molecule has 0 aromatic heterocycles. The van der Waals surface area contributed by atoms with E-state index in [1.54, 1.807) is 25.1 Å². The number of nitrogens with one attached hydrogen (secondary N) is 2. The highest BCUT2D eigenvalue weighted by Crippen LogP contribution is 2.40. The van der Waals surface area contributed by atoms with Crippen LogP contribution in [0.15, 0.2) is 82.6 Å². The molecule has 0 fully saturated rings. The summed E-state index contributed by atoms with van der Waals surface area (Å²) in [5.74, 6) is -1.11.